The van der Waals surface area contributed by atoms with Gasteiger partial charge in [-0.1, -0.05) is 260 Å². The van der Waals surface area contributed by atoms with Gasteiger partial charge in [-0.05, 0) is 179 Å². The van der Waals surface area contributed by atoms with E-state index in [0.29, 0.717) is 16.9 Å². The van der Waals surface area contributed by atoms with E-state index in [2.05, 4.69) is 248 Å². The highest BCUT2D eigenvalue weighted by atomic mass is 15.2. The van der Waals surface area contributed by atoms with Gasteiger partial charge in [0.05, 0.1) is 67.6 Å². The topological polar surface area (TPSA) is 22.4 Å². The highest BCUT2D eigenvalue weighted by molar-refractivity contribution is 7.00. The molecule has 0 unspecified atom stereocenters. The molecule has 5 nitrogen and oxygen atoms in total. The molecule has 2 aliphatic rings. The Bertz CT molecular complexity index is 7840. The Labute approximate surface area is 620 Å². The first-order chi connectivity index (χ1) is 56.3. The van der Waals surface area contributed by atoms with Gasteiger partial charge >= 0.3 is 0 Å². The van der Waals surface area contributed by atoms with Gasteiger partial charge in [-0.3, -0.25) is 0 Å². The second-order valence-corrected chi connectivity index (χ2v) is 30.2. The minimum absolute atomic E-state index is 0.00449. The van der Waals surface area contributed by atoms with Crippen LogP contribution in [0.3, 0.4) is 0 Å². The van der Waals surface area contributed by atoms with E-state index >= 15 is 0 Å². The van der Waals surface area contributed by atoms with Gasteiger partial charge in [-0.15, -0.1) is 0 Å². The van der Waals surface area contributed by atoms with Crippen LogP contribution in [-0.4, -0.2) is 24.8 Å². The van der Waals surface area contributed by atoms with Crippen LogP contribution < -0.4 is 21.3 Å². The van der Waals surface area contributed by atoms with E-state index < -0.39 is 73.2 Å². The molecular formula is C98H70BN5. The summed E-state index contributed by atoms with van der Waals surface area (Å²) in [6.45, 7) is 12.8. The van der Waals surface area contributed by atoms with Crippen molar-refractivity contribution in [1.82, 2.24) is 18.1 Å². The van der Waals surface area contributed by atoms with E-state index in [1.165, 1.54) is 11.1 Å². The number of hydrogen-bond acceptors (Lipinski definition) is 1. The molecule has 0 fully saturated rings. The van der Waals surface area contributed by atoms with Crippen LogP contribution in [0.15, 0.2) is 315 Å². The fourth-order valence-corrected chi connectivity index (χ4v) is 17.8. The molecule has 2 aliphatic heterocycles. The van der Waals surface area contributed by atoms with Crippen LogP contribution in [0.1, 0.15) is 70.5 Å². The molecule has 0 saturated heterocycles. The second kappa shape index (κ2) is 21.5. The average molecular weight is 1340 g/mol. The molecule has 0 saturated carbocycles. The molecule has 7 heterocycles. The molecular weight excluding hydrogens is 1260 g/mol. The summed E-state index contributed by atoms with van der Waals surface area (Å²) in [6, 6.07) is 78.3. The van der Waals surface area contributed by atoms with Crippen molar-refractivity contribution in [3.8, 4) is 39.3 Å². The summed E-state index contributed by atoms with van der Waals surface area (Å²) in [6.07, 6.45) is 0. The van der Waals surface area contributed by atoms with E-state index in [0.717, 1.165) is 154 Å². The molecule has 0 atom stereocenters. The fourth-order valence-electron chi connectivity index (χ4n) is 17.8. The van der Waals surface area contributed by atoms with Crippen molar-refractivity contribution < 1.29 is 17.8 Å². The molecule has 22 rings (SSSR count). The van der Waals surface area contributed by atoms with Gasteiger partial charge in [0.1, 0.15) is 0 Å². The minimum Gasteiger partial charge on any atom is -0.311 e. The summed E-state index contributed by atoms with van der Waals surface area (Å²) >= 11 is 0. The summed E-state index contributed by atoms with van der Waals surface area (Å²) in [5.74, 6) is 0. The van der Waals surface area contributed by atoms with E-state index in [1.54, 1.807) is 4.57 Å². The quantitative estimate of drug-likeness (QED) is 0.157. The van der Waals surface area contributed by atoms with Crippen LogP contribution in [-0.2, 0) is 10.8 Å². The smallest absolute Gasteiger partial charge is 0.252 e. The lowest BCUT2D eigenvalue weighted by atomic mass is 9.33. The summed E-state index contributed by atoms with van der Waals surface area (Å²) < 4.78 is 131. The van der Waals surface area contributed by atoms with Crippen molar-refractivity contribution in [3.63, 3.8) is 0 Å². The van der Waals surface area contributed by atoms with Crippen molar-refractivity contribution in [1.29, 1.82) is 0 Å². The van der Waals surface area contributed by atoms with Crippen LogP contribution in [0, 0.1) is 0 Å². The zero-order valence-electron chi connectivity index (χ0n) is 70.8. The zero-order valence-corrected chi connectivity index (χ0v) is 57.8. The van der Waals surface area contributed by atoms with E-state index in [4.69, 9.17) is 6.85 Å². The molecule has 0 bridgehead atoms. The molecule has 104 heavy (non-hydrogen) atoms. The van der Waals surface area contributed by atoms with Gasteiger partial charge in [-0.2, -0.15) is 0 Å². The van der Waals surface area contributed by atoms with Gasteiger partial charge in [0.15, 0.2) is 0 Å². The normalized spacial score (nSPS) is 14.8. The number of fused-ring (bicyclic) bond motifs is 24. The first-order valence-corrected chi connectivity index (χ1v) is 35.6. The van der Waals surface area contributed by atoms with E-state index in [9.17, 15) is 11.0 Å². The predicted molar refractivity (Wildman–Crippen MR) is 444 cm³/mol. The largest absolute Gasteiger partial charge is 0.311 e. The third kappa shape index (κ3) is 8.28. The zero-order chi connectivity index (χ0) is 80.5. The maximum atomic E-state index is 9.89. The number of benzene rings is 15. The molecule has 0 N–H and O–H groups in total. The Kier molecular flexibility index (Phi) is 9.80. The second-order valence-electron chi connectivity index (χ2n) is 30.2. The van der Waals surface area contributed by atoms with Gasteiger partial charge in [0.25, 0.3) is 6.71 Å². The molecule has 490 valence electrons. The Balaban J connectivity index is 0.977. The minimum atomic E-state index is -0.663. The SMILES string of the molecule is [2H]c1c([2H])c([2H])c(-c2ccc3c(c2)c2cc(-n4c5ccc(C(C)(C)C)cc5c5cc(C(C)(C)C)ccc54)cc4c2n3-c2cc3c(c5c2B4c2ccc(-n4c6c([2H])c([2H])c([2H])c([2H])c6c6c([2H])c([2H])c([2H])c([2H])c64)cc2N5c2ccc(-c4ccccc4)cc2)c2cccc4c5ccccc5c5ccccc5c5ccccc5n3c42)c([2H])c1[2H]. The molecule has 15 aromatic carbocycles. The number of nitrogens with zero attached hydrogens (tertiary/aromatic N) is 5. The summed E-state index contributed by atoms with van der Waals surface area (Å²) in [4.78, 5) is 2.35. The predicted octanol–water partition coefficient (Wildman–Crippen LogP) is 24.1. The van der Waals surface area contributed by atoms with Crippen LogP contribution >= 0.6 is 0 Å². The van der Waals surface area contributed by atoms with Crippen molar-refractivity contribution in [3.05, 3.63) is 326 Å². The Morgan fingerprint density at radius 2 is 0.817 bits per heavy atom. The summed E-state index contributed by atoms with van der Waals surface area (Å²) in [7, 11) is 0. The van der Waals surface area contributed by atoms with Crippen LogP contribution in [0.4, 0.5) is 17.1 Å². The van der Waals surface area contributed by atoms with Crippen molar-refractivity contribution in [2.24, 2.45) is 0 Å². The van der Waals surface area contributed by atoms with Gasteiger partial charge in [0, 0.05) is 87.8 Å². The molecule has 0 radical (unpaired) electrons. The van der Waals surface area contributed by atoms with Crippen molar-refractivity contribution in [2.75, 3.05) is 4.90 Å². The third-order valence-electron chi connectivity index (χ3n) is 22.5. The summed E-state index contributed by atoms with van der Waals surface area (Å²) in [5.41, 5.74) is 18.0. The van der Waals surface area contributed by atoms with Gasteiger partial charge in [0.2, 0.25) is 0 Å². The number of aromatic nitrogens is 4. The first kappa shape index (κ1) is 47.5. The Morgan fingerprint density at radius 3 is 1.49 bits per heavy atom. The molecule has 0 aliphatic carbocycles. The number of para-hydroxylation sites is 4. The van der Waals surface area contributed by atoms with E-state index in [-0.39, 0.29) is 50.3 Å². The molecule has 6 heteroatoms. The standard InChI is InChI=1S/C98H70BN5/c1-97(2,3)63-43-50-86-78(53-63)79-54-64(98(4,5)6)44-51-87(79)101(86)67-55-80-77-52-62(60-26-11-8-12-27-60)42-49-88(77)104-91-58-90-92(76-36-23-35-75-71-31-16-14-29-69(71)68-28-13-15-30-70(68)72-32-17-22-39-85(72)103(90)94(75)76)96-93(91)99(82(56-67)95(80)104)81-48-47-66(100-83-37-20-18-33-73(83)74-34-19-21-38-84(74)100)57-89(81)102(96)65-45-40-61(41-46-65)59-24-9-7-10-25-59/h7-58H,1-6H3/i8D,11D,12D,18D,19D,20D,21D,26D,27D,33D,34D,37D,38D. The lowest BCUT2D eigenvalue weighted by molar-refractivity contribution is 0.590. The number of hydrogen-bond donors (Lipinski definition) is 0. The average Bonchev–Trinajstić information content (AvgIpc) is 1.55. The monoisotopic (exact) mass is 1340 g/mol. The number of rotatable bonds is 5. The highest BCUT2D eigenvalue weighted by Crippen LogP contribution is 2.51. The Hall–Kier alpha value is -12.6. The number of anilines is 3. The lowest BCUT2D eigenvalue weighted by Crippen LogP contribution is -2.60. The molecule has 20 aromatic rings. The highest BCUT2D eigenvalue weighted by Gasteiger charge is 2.45. The first-order valence-electron chi connectivity index (χ1n) is 42.1. The van der Waals surface area contributed by atoms with Crippen LogP contribution in [0.25, 0.3) is 164 Å². The van der Waals surface area contributed by atoms with Gasteiger partial charge in [-0.25, -0.2) is 0 Å². The fraction of sp³-hybridized carbons (Fsp3) is 0.0816. The lowest BCUT2D eigenvalue weighted by Gasteiger charge is -2.41. The Morgan fingerprint density at radius 1 is 0.288 bits per heavy atom. The molecule has 0 amide bonds. The van der Waals surface area contributed by atoms with E-state index in [1.807, 2.05) is 48.5 Å². The molecule has 5 aromatic heterocycles. The van der Waals surface area contributed by atoms with Crippen LogP contribution in [0.2, 0.25) is 0 Å². The molecule has 0 spiro atoms. The van der Waals surface area contributed by atoms with Gasteiger partial charge < -0.3 is 23.0 Å². The van der Waals surface area contributed by atoms with Crippen LogP contribution in [0.5, 0.6) is 0 Å². The van der Waals surface area contributed by atoms with Crippen molar-refractivity contribution >= 4 is 165 Å². The maximum Gasteiger partial charge on any atom is 0.252 e. The van der Waals surface area contributed by atoms with Crippen molar-refractivity contribution in [2.45, 2.75) is 52.4 Å². The summed E-state index contributed by atoms with van der Waals surface area (Å²) in [5, 5.41) is 11.8. The maximum absolute atomic E-state index is 9.89. The third-order valence-corrected chi connectivity index (χ3v) is 22.5.